The minimum absolute atomic E-state index is 0.126. The summed E-state index contributed by atoms with van der Waals surface area (Å²) < 4.78 is 2.31. The molecule has 2 aliphatic carbocycles. The molecule has 6 rings (SSSR count). The van der Waals surface area contributed by atoms with Gasteiger partial charge < -0.3 is 10.3 Å². The van der Waals surface area contributed by atoms with E-state index in [0.29, 0.717) is 22.9 Å². The maximum Gasteiger partial charge on any atom is 0.272 e. The van der Waals surface area contributed by atoms with Gasteiger partial charge in [0.05, 0.1) is 22.1 Å². The van der Waals surface area contributed by atoms with Crippen LogP contribution in [0.1, 0.15) is 59.5 Å². The van der Waals surface area contributed by atoms with Gasteiger partial charge in [0.25, 0.3) is 5.56 Å². The van der Waals surface area contributed by atoms with E-state index >= 15 is 0 Å². The molecule has 2 aromatic carbocycles. The second kappa shape index (κ2) is 6.26. The normalized spacial score (nSPS) is 24.9. The molecule has 7 heteroatoms. The number of nitrogens with two attached hydrogens (primary N) is 1. The Kier molecular flexibility index (Phi) is 3.70. The summed E-state index contributed by atoms with van der Waals surface area (Å²) in [7, 11) is 0. The highest BCUT2D eigenvalue weighted by atomic mass is 16.1. The van der Waals surface area contributed by atoms with E-state index in [2.05, 4.69) is 19.7 Å². The van der Waals surface area contributed by atoms with Crippen LogP contribution in [0.3, 0.4) is 0 Å². The number of rotatable bonds is 3. The monoisotopic (exact) mass is 413 g/mol. The van der Waals surface area contributed by atoms with Crippen molar-refractivity contribution in [3.05, 3.63) is 69.9 Å². The van der Waals surface area contributed by atoms with Crippen LogP contribution in [0.5, 0.6) is 0 Å². The van der Waals surface area contributed by atoms with Crippen LogP contribution in [-0.4, -0.2) is 25.7 Å². The zero-order valence-electron chi connectivity index (χ0n) is 17.3. The van der Waals surface area contributed by atoms with Crippen molar-refractivity contribution in [1.82, 2.24) is 19.7 Å². The van der Waals surface area contributed by atoms with Crippen LogP contribution in [-0.2, 0) is 0 Å². The van der Waals surface area contributed by atoms with Crippen LogP contribution in [0.15, 0.2) is 47.3 Å². The molecule has 156 valence electrons. The van der Waals surface area contributed by atoms with Gasteiger partial charge in [-0.15, -0.1) is 0 Å². The summed E-state index contributed by atoms with van der Waals surface area (Å²) >= 11 is 0. The summed E-state index contributed by atoms with van der Waals surface area (Å²) in [6, 6.07) is 13.7. The maximum absolute atomic E-state index is 12.1. The zero-order chi connectivity index (χ0) is 21.3. The van der Waals surface area contributed by atoms with E-state index in [0.717, 1.165) is 59.0 Å². The first-order chi connectivity index (χ1) is 14.9. The molecule has 2 aliphatic rings. The fraction of sp³-hybridized carbons (Fsp3) is 0.333. The van der Waals surface area contributed by atoms with Crippen molar-refractivity contribution in [2.75, 3.05) is 0 Å². The smallest absolute Gasteiger partial charge is 0.272 e. The number of primary amides is 1. The molecule has 1 amide bonds. The van der Waals surface area contributed by atoms with Gasteiger partial charge in [0.15, 0.2) is 0 Å². The standard InChI is InChI=1S/C24H23N5O2/c1-13-26-19-8-14(22(25)30)6-7-20(19)29(13)16-11-24(12-16)9-15(10-24)21-17-4-2-3-5-18(17)23(31)28-27-21/h2-8,15-16H,9-12H2,1H3,(H2,25,30)(H,28,31). The molecule has 31 heavy (non-hydrogen) atoms. The maximum atomic E-state index is 12.1. The molecular formula is C24H23N5O2. The van der Waals surface area contributed by atoms with Gasteiger partial charge in [-0.3, -0.25) is 9.59 Å². The van der Waals surface area contributed by atoms with Crippen molar-refractivity contribution in [3.8, 4) is 0 Å². The van der Waals surface area contributed by atoms with Gasteiger partial charge >= 0.3 is 0 Å². The fourth-order valence-corrected chi connectivity index (χ4v) is 5.92. The molecule has 0 radical (unpaired) electrons. The van der Waals surface area contributed by atoms with Crippen LogP contribution < -0.4 is 11.3 Å². The second-order valence-corrected chi connectivity index (χ2v) is 9.25. The molecule has 2 saturated carbocycles. The van der Waals surface area contributed by atoms with Gasteiger partial charge in [-0.05, 0) is 62.3 Å². The highest BCUT2D eigenvalue weighted by Crippen LogP contribution is 2.65. The Balaban J connectivity index is 1.23. The van der Waals surface area contributed by atoms with Gasteiger partial charge in [0, 0.05) is 22.9 Å². The average Bonchev–Trinajstić information content (AvgIpc) is 3.02. The van der Waals surface area contributed by atoms with E-state index in [4.69, 9.17) is 5.73 Å². The van der Waals surface area contributed by atoms with E-state index in [-0.39, 0.29) is 5.56 Å². The molecule has 2 fully saturated rings. The molecule has 2 aromatic heterocycles. The third-order valence-electron chi connectivity index (χ3n) is 7.32. The first-order valence-corrected chi connectivity index (χ1v) is 10.7. The lowest BCUT2D eigenvalue weighted by Crippen LogP contribution is -2.47. The third-order valence-corrected chi connectivity index (χ3v) is 7.32. The lowest BCUT2D eigenvalue weighted by Gasteiger charge is -2.58. The number of nitrogens with zero attached hydrogens (tertiary/aromatic N) is 3. The zero-order valence-corrected chi connectivity index (χ0v) is 17.3. The lowest BCUT2D eigenvalue weighted by atomic mass is 9.49. The number of benzene rings is 2. The summed E-state index contributed by atoms with van der Waals surface area (Å²) in [6.07, 6.45) is 4.44. The number of hydrogen-bond donors (Lipinski definition) is 2. The highest BCUT2D eigenvalue weighted by molar-refractivity contribution is 5.96. The largest absolute Gasteiger partial charge is 0.366 e. The van der Waals surface area contributed by atoms with Crippen molar-refractivity contribution in [1.29, 1.82) is 0 Å². The predicted molar refractivity (Wildman–Crippen MR) is 118 cm³/mol. The van der Waals surface area contributed by atoms with Crippen molar-refractivity contribution >= 4 is 27.7 Å². The number of carbonyl (C=O) groups is 1. The summed E-state index contributed by atoms with van der Waals surface area (Å²) in [5, 5.41) is 8.78. The molecule has 1 spiro atoms. The Morgan fingerprint density at radius 2 is 1.87 bits per heavy atom. The predicted octanol–water partition coefficient (Wildman–Crippen LogP) is 3.58. The van der Waals surface area contributed by atoms with E-state index < -0.39 is 5.91 Å². The molecule has 0 atom stereocenters. The topological polar surface area (TPSA) is 107 Å². The molecule has 0 saturated heterocycles. The quantitative estimate of drug-likeness (QED) is 0.535. The van der Waals surface area contributed by atoms with E-state index in [1.807, 2.05) is 37.3 Å². The number of H-pyrrole nitrogens is 1. The summed E-state index contributed by atoms with van der Waals surface area (Å²) in [5.41, 5.74) is 9.04. The Hall–Kier alpha value is -3.48. The van der Waals surface area contributed by atoms with Crippen molar-refractivity contribution in [2.24, 2.45) is 11.1 Å². The first kappa shape index (κ1) is 18.3. The fourth-order valence-electron chi connectivity index (χ4n) is 5.92. The number of amides is 1. The molecule has 0 unspecified atom stereocenters. The van der Waals surface area contributed by atoms with Crippen LogP contribution in [0, 0.1) is 12.3 Å². The third kappa shape index (κ3) is 2.65. The number of hydrogen-bond acceptors (Lipinski definition) is 4. The summed E-state index contributed by atoms with van der Waals surface area (Å²) in [5.74, 6) is 0.933. The van der Waals surface area contributed by atoms with Gasteiger partial charge in [0.2, 0.25) is 5.91 Å². The van der Waals surface area contributed by atoms with Crippen molar-refractivity contribution in [2.45, 2.75) is 44.6 Å². The number of aromatic nitrogens is 4. The van der Waals surface area contributed by atoms with Gasteiger partial charge in [-0.25, -0.2) is 10.1 Å². The SMILES string of the molecule is Cc1nc2cc(C(N)=O)ccc2n1C1CC2(CC(c3n[nH]c(=O)c4ccccc34)C2)C1. The van der Waals surface area contributed by atoms with E-state index in [1.165, 1.54) is 0 Å². The summed E-state index contributed by atoms with van der Waals surface area (Å²) in [4.78, 5) is 28.2. The Morgan fingerprint density at radius 1 is 1.13 bits per heavy atom. The highest BCUT2D eigenvalue weighted by Gasteiger charge is 2.54. The Morgan fingerprint density at radius 3 is 2.61 bits per heavy atom. The Labute approximate surface area is 178 Å². The molecule has 4 aromatic rings. The van der Waals surface area contributed by atoms with Gasteiger partial charge in [0.1, 0.15) is 5.82 Å². The van der Waals surface area contributed by atoms with Gasteiger partial charge in [-0.2, -0.15) is 5.10 Å². The number of carbonyl (C=O) groups excluding carboxylic acids is 1. The van der Waals surface area contributed by atoms with Crippen molar-refractivity contribution in [3.63, 3.8) is 0 Å². The molecular weight excluding hydrogens is 390 g/mol. The number of fused-ring (bicyclic) bond motifs is 2. The van der Waals surface area contributed by atoms with E-state index in [9.17, 15) is 9.59 Å². The molecule has 7 nitrogen and oxygen atoms in total. The minimum Gasteiger partial charge on any atom is -0.366 e. The van der Waals surface area contributed by atoms with Crippen LogP contribution in [0.25, 0.3) is 21.8 Å². The molecule has 2 heterocycles. The average molecular weight is 413 g/mol. The number of imidazole rings is 1. The number of aryl methyl sites for hydroxylation is 1. The van der Waals surface area contributed by atoms with Gasteiger partial charge in [-0.1, -0.05) is 18.2 Å². The number of nitrogens with one attached hydrogen (secondary N) is 1. The Bertz CT molecular complexity index is 1420. The summed E-state index contributed by atoms with van der Waals surface area (Å²) in [6.45, 7) is 2.02. The van der Waals surface area contributed by atoms with Crippen molar-refractivity contribution < 1.29 is 4.79 Å². The second-order valence-electron chi connectivity index (χ2n) is 9.25. The first-order valence-electron chi connectivity index (χ1n) is 10.7. The number of aromatic amines is 1. The van der Waals surface area contributed by atoms with Crippen LogP contribution >= 0.6 is 0 Å². The molecule has 0 aliphatic heterocycles. The van der Waals surface area contributed by atoms with E-state index in [1.54, 1.807) is 12.1 Å². The van der Waals surface area contributed by atoms with Crippen LogP contribution in [0.4, 0.5) is 0 Å². The molecule has 3 N–H and O–H groups in total. The van der Waals surface area contributed by atoms with Crippen LogP contribution in [0.2, 0.25) is 0 Å². The molecule has 0 bridgehead atoms. The lowest BCUT2D eigenvalue weighted by molar-refractivity contribution is -0.0349. The minimum atomic E-state index is -0.430.